The first-order valence-corrected chi connectivity index (χ1v) is 10.1. The molecule has 2 aromatic rings. The van der Waals surface area contributed by atoms with Crippen LogP contribution in [-0.4, -0.2) is 28.0 Å². The second kappa shape index (κ2) is 9.45. The number of urea groups is 1. The first-order valence-electron chi connectivity index (χ1n) is 7.62. The summed E-state index contributed by atoms with van der Waals surface area (Å²) >= 11 is 14.1. The molecule has 0 aliphatic rings. The van der Waals surface area contributed by atoms with Crippen LogP contribution < -0.4 is 10.6 Å². The van der Waals surface area contributed by atoms with Crippen LogP contribution in [0.5, 0.6) is 0 Å². The van der Waals surface area contributed by atoms with Crippen molar-refractivity contribution in [3.8, 4) is 0 Å². The molecular weight excluding hydrogens is 417 g/mol. The molecule has 0 saturated heterocycles. The van der Waals surface area contributed by atoms with E-state index in [0.717, 1.165) is 17.1 Å². The number of carboxylic acids is 1. The van der Waals surface area contributed by atoms with Gasteiger partial charge in [0, 0.05) is 12.3 Å². The third kappa shape index (κ3) is 5.77. The Bertz CT molecular complexity index is 812. The van der Waals surface area contributed by atoms with E-state index in [1.54, 1.807) is 12.1 Å². The smallest absolute Gasteiger partial charge is 0.341 e. The lowest BCUT2D eigenvalue weighted by Crippen LogP contribution is -2.31. The number of benzene rings is 1. The molecule has 0 spiro atoms. The number of hydrogen-bond acceptors (Lipinski definition) is 5. The molecule has 3 N–H and O–H groups in total. The Morgan fingerprint density at radius 1 is 1.31 bits per heavy atom. The Morgan fingerprint density at radius 2 is 2.04 bits per heavy atom. The Kier molecular flexibility index (Phi) is 7.57. The van der Waals surface area contributed by atoms with Gasteiger partial charge in [-0.25, -0.2) is 9.59 Å². The lowest BCUT2D eigenvalue weighted by Gasteiger charge is -2.08. The van der Waals surface area contributed by atoms with Crippen molar-refractivity contribution >= 4 is 63.5 Å². The summed E-state index contributed by atoms with van der Waals surface area (Å²) in [6, 6.07) is 4.77. The summed E-state index contributed by atoms with van der Waals surface area (Å²) in [6.07, 6.45) is 0. The third-order valence-electron chi connectivity index (χ3n) is 3.13. The van der Waals surface area contributed by atoms with Crippen molar-refractivity contribution in [2.75, 3.05) is 11.9 Å². The fraction of sp³-hybridized carbons (Fsp3) is 0.312. The van der Waals surface area contributed by atoms with E-state index in [-0.39, 0.29) is 10.6 Å². The van der Waals surface area contributed by atoms with E-state index >= 15 is 0 Å². The van der Waals surface area contributed by atoms with Crippen LogP contribution in [0.1, 0.15) is 29.8 Å². The molecule has 0 saturated carbocycles. The summed E-state index contributed by atoms with van der Waals surface area (Å²) < 4.78 is 4.16. The molecule has 2 rings (SSSR count). The van der Waals surface area contributed by atoms with Crippen molar-refractivity contribution in [2.24, 2.45) is 5.92 Å². The predicted octanol–water partition coefficient (Wildman–Crippen LogP) is 5.22. The highest BCUT2D eigenvalue weighted by Gasteiger charge is 2.22. The molecule has 1 heterocycles. The van der Waals surface area contributed by atoms with E-state index in [0.29, 0.717) is 33.3 Å². The second-order valence-electron chi connectivity index (χ2n) is 5.76. The van der Waals surface area contributed by atoms with Gasteiger partial charge in [0.1, 0.15) is 15.6 Å². The first kappa shape index (κ1) is 20.8. The van der Waals surface area contributed by atoms with Gasteiger partial charge in [-0.05, 0) is 35.1 Å². The first-order chi connectivity index (χ1) is 12.3. The average molecular weight is 434 g/mol. The quantitative estimate of drug-likeness (QED) is 0.520. The molecule has 0 atom stereocenters. The van der Waals surface area contributed by atoms with Crippen molar-refractivity contribution < 1.29 is 14.7 Å². The number of thioether (sulfide) groups is 1. The SMILES string of the molecule is CC(C)CNC(=O)Nc1snc(SCc2ccc(Cl)c(Cl)c2)c1C(=O)O. The van der Waals surface area contributed by atoms with Crippen LogP contribution in [0.25, 0.3) is 0 Å². The number of aromatic carboxylic acids is 1. The topological polar surface area (TPSA) is 91.3 Å². The van der Waals surface area contributed by atoms with Gasteiger partial charge in [-0.15, -0.1) is 0 Å². The van der Waals surface area contributed by atoms with Crippen molar-refractivity contribution in [3.63, 3.8) is 0 Å². The summed E-state index contributed by atoms with van der Waals surface area (Å²) in [5.41, 5.74) is 0.873. The molecule has 6 nitrogen and oxygen atoms in total. The molecule has 0 bridgehead atoms. The van der Waals surface area contributed by atoms with Crippen LogP contribution in [0.3, 0.4) is 0 Å². The van der Waals surface area contributed by atoms with E-state index in [2.05, 4.69) is 15.0 Å². The van der Waals surface area contributed by atoms with E-state index in [1.807, 2.05) is 19.9 Å². The highest BCUT2D eigenvalue weighted by Crippen LogP contribution is 2.34. The molecular formula is C16H17Cl2N3O3S2. The molecule has 0 unspecified atom stereocenters. The number of carbonyl (C=O) groups excluding carboxylic acids is 1. The van der Waals surface area contributed by atoms with Crippen LogP contribution in [0.2, 0.25) is 10.0 Å². The standard InChI is InChI=1S/C16H17Cl2N3O3S2/c1-8(2)6-19-16(24)20-13-12(15(22)23)14(21-26-13)25-7-9-3-4-10(17)11(18)5-9/h3-5,8H,6-7H2,1-2H3,(H,22,23)(H2,19,20,24). The number of nitrogens with zero attached hydrogens (tertiary/aromatic N) is 1. The van der Waals surface area contributed by atoms with Crippen molar-refractivity contribution in [1.29, 1.82) is 0 Å². The maximum absolute atomic E-state index is 11.9. The zero-order valence-corrected chi connectivity index (χ0v) is 17.2. The van der Waals surface area contributed by atoms with Gasteiger partial charge in [0.25, 0.3) is 0 Å². The number of carboxylic acid groups (broad SMARTS) is 1. The number of anilines is 1. The molecule has 2 amide bonds. The minimum absolute atomic E-state index is 0.0141. The Labute approximate surface area is 169 Å². The maximum Gasteiger partial charge on any atom is 0.341 e. The summed E-state index contributed by atoms with van der Waals surface area (Å²) in [5.74, 6) is -0.382. The zero-order valence-electron chi connectivity index (χ0n) is 14.0. The van der Waals surface area contributed by atoms with Crippen LogP contribution in [0.4, 0.5) is 9.80 Å². The van der Waals surface area contributed by atoms with Crippen LogP contribution in [0.15, 0.2) is 23.2 Å². The molecule has 10 heteroatoms. The highest BCUT2D eigenvalue weighted by molar-refractivity contribution is 7.98. The lowest BCUT2D eigenvalue weighted by atomic mass is 10.2. The van der Waals surface area contributed by atoms with Gasteiger partial charge in [0.05, 0.1) is 10.0 Å². The minimum atomic E-state index is -1.14. The molecule has 1 aromatic carbocycles. The normalized spacial score (nSPS) is 10.8. The lowest BCUT2D eigenvalue weighted by molar-refractivity contribution is 0.0694. The fourth-order valence-corrected chi connectivity index (χ4v) is 4.08. The summed E-state index contributed by atoms with van der Waals surface area (Å²) in [7, 11) is 0. The summed E-state index contributed by atoms with van der Waals surface area (Å²) in [5, 5.41) is 16.2. The number of aromatic nitrogens is 1. The largest absolute Gasteiger partial charge is 0.477 e. The van der Waals surface area contributed by atoms with E-state index in [1.165, 1.54) is 11.8 Å². The van der Waals surface area contributed by atoms with Gasteiger partial charge in [0.15, 0.2) is 0 Å². The number of rotatable bonds is 7. The van der Waals surface area contributed by atoms with Crippen molar-refractivity contribution in [3.05, 3.63) is 39.4 Å². The Hall–Kier alpha value is -1.48. The minimum Gasteiger partial charge on any atom is -0.477 e. The third-order valence-corrected chi connectivity index (χ3v) is 5.80. The monoisotopic (exact) mass is 433 g/mol. The molecule has 140 valence electrons. The van der Waals surface area contributed by atoms with Crippen LogP contribution in [-0.2, 0) is 5.75 Å². The molecule has 1 aromatic heterocycles. The predicted molar refractivity (Wildman–Crippen MR) is 107 cm³/mol. The highest BCUT2D eigenvalue weighted by atomic mass is 35.5. The molecule has 0 radical (unpaired) electrons. The molecule has 26 heavy (non-hydrogen) atoms. The number of amides is 2. The molecule has 0 fully saturated rings. The summed E-state index contributed by atoms with van der Waals surface area (Å²) in [6.45, 7) is 4.42. The second-order valence-corrected chi connectivity index (χ2v) is 8.31. The van der Waals surface area contributed by atoms with Gasteiger partial charge < -0.3 is 10.4 Å². The number of halogens is 2. The zero-order chi connectivity index (χ0) is 19.3. The maximum atomic E-state index is 11.9. The van der Waals surface area contributed by atoms with E-state index in [9.17, 15) is 14.7 Å². The van der Waals surface area contributed by atoms with Gasteiger partial charge in [-0.1, -0.05) is 54.9 Å². The van der Waals surface area contributed by atoms with Gasteiger partial charge in [-0.2, -0.15) is 4.37 Å². The number of nitrogens with one attached hydrogen (secondary N) is 2. The Morgan fingerprint density at radius 3 is 2.65 bits per heavy atom. The summed E-state index contributed by atoms with van der Waals surface area (Å²) in [4.78, 5) is 23.5. The fourth-order valence-electron chi connectivity index (χ4n) is 1.87. The molecule has 0 aliphatic heterocycles. The Balaban J connectivity index is 2.09. The number of hydrogen-bond donors (Lipinski definition) is 3. The number of carbonyl (C=O) groups is 2. The van der Waals surface area contributed by atoms with Crippen molar-refractivity contribution in [1.82, 2.24) is 9.69 Å². The average Bonchev–Trinajstić information content (AvgIpc) is 2.96. The van der Waals surface area contributed by atoms with E-state index < -0.39 is 12.0 Å². The van der Waals surface area contributed by atoms with Crippen LogP contribution >= 0.6 is 46.5 Å². The van der Waals surface area contributed by atoms with Crippen molar-refractivity contribution in [2.45, 2.75) is 24.6 Å². The van der Waals surface area contributed by atoms with Gasteiger partial charge >= 0.3 is 12.0 Å². The molecule has 0 aliphatic carbocycles. The van der Waals surface area contributed by atoms with Gasteiger partial charge in [-0.3, -0.25) is 5.32 Å². The van der Waals surface area contributed by atoms with E-state index in [4.69, 9.17) is 23.2 Å². The van der Waals surface area contributed by atoms with Gasteiger partial charge in [0.2, 0.25) is 0 Å². The van der Waals surface area contributed by atoms with Crippen LogP contribution in [0, 0.1) is 5.92 Å².